The SMILES string of the molecule is Cc1ccc(NC(=O)C(N)C2CCOCC2)cc1S(N)(=O)=O.Cl. The molecule has 2 rings (SSSR count). The minimum absolute atomic E-state index is 0. The third-order valence-corrected chi connectivity index (χ3v) is 4.89. The molecule has 0 aromatic heterocycles. The number of carbonyl (C=O) groups is 1. The molecule has 130 valence electrons. The first kappa shape index (κ1) is 19.9. The standard InChI is InChI=1S/C14H21N3O4S.ClH/c1-9-2-3-11(8-12(9)22(16,19)20)17-14(18)13(15)10-4-6-21-7-5-10;/h2-3,8,10,13H,4-7,15H2,1H3,(H,17,18)(H2,16,19,20);1H. The van der Waals surface area contributed by atoms with Gasteiger partial charge in [0, 0.05) is 18.9 Å². The number of aryl methyl sites for hydroxylation is 1. The van der Waals surface area contributed by atoms with Gasteiger partial charge in [0.2, 0.25) is 15.9 Å². The molecule has 1 unspecified atom stereocenters. The molecule has 1 amide bonds. The Balaban J connectivity index is 0.00000264. The highest BCUT2D eigenvalue weighted by atomic mass is 35.5. The number of amides is 1. The lowest BCUT2D eigenvalue weighted by molar-refractivity contribution is -0.119. The van der Waals surface area contributed by atoms with Gasteiger partial charge in [-0.1, -0.05) is 6.07 Å². The van der Waals surface area contributed by atoms with Crippen molar-refractivity contribution in [3.8, 4) is 0 Å². The Morgan fingerprint density at radius 1 is 1.35 bits per heavy atom. The van der Waals surface area contributed by atoms with Crippen molar-refractivity contribution in [2.24, 2.45) is 16.8 Å². The fourth-order valence-electron chi connectivity index (χ4n) is 2.50. The number of carbonyl (C=O) groups excluding carboxylic acids is 1. The zero-order valence-electron chi connectivity index (χ0n) is 12.8. The second-order valence-electron chi connectivity index (χ2n) is 5.49. The maximum Gasteiger partial charge on any atom is 0.241 e. The van der Waals surface area contributed by atoms with Crippen LogP contribution < -0.4 is 16.2 Å². The van der Waals surface area contributed by atoms with E-state index in [-0.39, 0.29) is 29.1 Å². The predicted molar refractivity (Wildman–Crippen MR) is 89.9 cm³/mol. The van der Waals surface area contributed by atoms with Crippen LogP contribution in [0.15, 0.2) is 23.1 Å². The summed E-state index contributed by atoms with van der Waals surface area (Å²) >= 11 is 0. The Labute approximate surface area is 142 Å². The molecule has 1 heterocycles. The molecule has 9 heteroatoms. The quantitative estimate of drug-likeness (QED) is 0.728. The number of hydrogen-bond donors (Lipinski definition) is 3. The highest BCUT2D eigenvalue weighted by Gasteiger charge is 2.26. The van der Waals surface area contributed by atoms with Gasteiger partial charge in [0.15, 0.2) is 0 Å². The number of anilines is 1. The van der Waals surface area contributed by atoms with Gasteiger partial charge in [0.05, 0.1) is 10.9 Å². The molecule has 23 heavy (non-hydrogen) atoms. The van der Waals surface area contributed by atoms with Gasteiger partial charge < -0.3 is 15.8 Å². The Bertz CT molecular complexity index is 660. The minimum Gasteiger partial charge on any atom is -0.381 e. The molecule has 1 aliphatic heterocycles. The lowest BCUT2D eigenvalue weighted by Crippen LogP contribution is -2.44. The van der Waals surface area contributed by atoms with Crippen molar-refractivity contribution in [3.63, 3.8) is 0 Å². The van der Waals surface area contributed by atoms with Gasteiger partial charge >= 0.3 is 0 Å². The Hall–Kier alpha value is -1.19. The van der Waals surface area contributed by atoms with E-state index < -0.39 is 16.1 Å². The lowest BCUT2D eigenvalue weighted by Gasteiger charge is -2.26. The van der Waals surface area contributed by atoms with Crippen molar-refractivity contribution in [2.45, 2.75) is 30.7 Å². The summed E-state index contributed by atoms with van der Waals surface area (Å²) in [5, 5.41) is 7.81. The monoisotopic (exact) mass is 363 g/mol. The van der Waals surface area contributed by atoms with Crippen molar-refractivity contribution in [1.82, 2.24) is 0 Å². The van der Waals surface area contributed by atoms with Gasteiger partial charge in [-0.15, -0.1) is 12.4 Å². The van der Waals surface area contributed by atoms with Crippen LogP contribution in [0.25, 0.3) is 0 Å². The molecular weight excluding hydrogens is 342 g/mol. The molecule has 1 saturated heterocycles. The summed E-state index contributed by atoms with van der Waals surface area (Å²) in [6.07, 6.45) is 1.48. The highest BCUT2D eigenvalue weighted by Crippen LogP contribution is 2.21. The summed E-state index contributed by atoms with van der Waals surface area (Å²) in [6.45, 7) is 2.84. The summed E-state index contributed by atoms with van der Waals surface area (Å²) in [5.41, 5.74) is 6.87. The summed E-state index contributed by atoms with van der Waals surface area (Å²) < 4.78 is 28.2. The molecule has 0 radical (unpaired) electrons. The topological polar surface area (TPSA) is 125 Å². The first-order chi connectivity index (χ1) is 10.3. The van der Waals surface area contributed by atoms with Gasteiger partial charge in [0.1, 0.15) is 0 Å². The van der Waals surface area contributed by atoms with E-state index in [0.29, 0.717) is 24.5 Å². The molecule has 0 spiro atoms. The van der Waals surface area contributed by atoms with E-state index in [1.165, 1.54) is 6.07 Å². The summed E-state index contributed by atoms with van der Waals surface area (Å²) in [5.74, 6) is -0.270. The van der Waals surface area contributed by atoms with Crippen LogP contribution in [0, 0.1) is 12.8 Å². The van der Waals surface area contributed by atoms with Crippen LogP contribution in [0.3, 0.4) is 0 Å². The fourth-order valence-corrected chi connectivity index (χ4v) is 3.31. The number of primary sulfonamides is 1. The highest BCUT2D eigenvalue weighted by molar-refractivity contribution is 7.89. The molecule has 1 fully saturated rings. The molecule has 5 N–H and O–H groups in total. The molecule has 1 aromatic carbocycles. The van der Waals surface area contributed by atoms with Gasteiger partial charge in [-0.3, -0.25) is 4.79 Å². The number of nitrogens with two attached hydrogens (primary N) is 2. The molecule has 0 aliphatic carbocycles. The number of ether oxygens (including phenoxy) is 1. The van der Waals surface area contributed by atoms with E-state index >= 15 is 0 Å². The third-order valence-electron chi connectivity index (χ3n) is 3.84. The fraction of sp³-hybridized carbons (Fsp3) is 0.500. The van der Waals surface area contributed by atoms with E-state index in [1.54, 1.807) is 19.1 Å². The van der Waals surface area contributed by atoms with Gasteiger partial charge in [-0.2, -0.15) is 0 Å². The summed E-state index contributed by atoms with van der Waals surface area (Å²) in [6, 6.07) is 3.91. The van der Waals surface area contributed by atoms with Crippen molar-refractivity contribution < 1.29 is 17.9 Å². The number of benzene rings is 1. The first-order valence-corrected chi connectivity index (χ1v) is 8.61. The second kappa shape index (κ2) is 8.07. The zero-order valence-corrected chi connectivity index (χ0v) is 14.5. The van der Waals surface area contributed by atoms with Crippen molar-refractivity contribution in [3.05, 3.63) is 23.8 Å². The maximum absolute atomic E-state index is 12.2. The van der Waals surface area contributed by atoms with Crippen molar-refractivity contribution >= 4 is 34.0 Å². The Kier molecular flexibility index (Phi) is 6.97. The van der Waals surface area contributed by atoms with E-state index in [4.69, 9.17) is 15.6 Å². The Morgan fingerprint density at radius 3 is 2.52 bits per heavy atom. The van der Waals surface area contributed by atoms with Crippen molar-refractivity contribution in [1.29, 1.82) is 0 Å². The molecule has 7 nitrogen and oxygen atoms in total. The van der Waals surface area contributed by atoms with Crippen LogP contribution in [-0.4, -0.2) is 33.6 Å². The molecule has 1 aromatic rings. The Morgan fingerprint density at radius 2 is 1.96 bits per heavy atom. The smallest absolute Gasteiger partial charge is 0.241 e. The van der Waals surface area contributed by atoms with E-state index in [9.17, 15) is 13.2 Å². The lowest BCUT2D eigenvalue weighted by atomic mass is 9.92. The zero-order chi connectivity index (χ0) is 16.3. The van der Waals surface area contributed by atoms with E-state index in [0.717, 1.165) is 12.8 Å². The molecule has 0 bridgehead atoms. The van der Waals surface area contributed by atoms with Crippen LogP contribution >= 0.6 is 12.4 Å². The second-order valence-corrected chi connectivity index (χ2v) is 7.02. The predicted octanol–water partition coefficient (Wildman–Crippen LogP) is 0.757. The number of rotatable bonds is 4. The minimum atomic E-state index is -3.83. The number of hydrogen-bond acceptors (Lipinski definition) is 5. The molecule has 1 aliphatic rings. The number of nitrogens with one attached hydrogen (secondary N) is 1. The first-order valence-electron chi connectivity index (χ1n) is 7.06. The van der Waals surface area contributed by atoms with E-state index in [1.807, 2.05) is 0 Å². The third kappa shape index (κ3) is 5.15. The number of sulfonamides is 1. The van der Waals surface area contributed by atoms with Crippen LogP contribution in [0.5, 0.6) is 0 Å². The molecular formula is C14H22ClN3O4S. The summed E-state index contributed by atoms with van der Waals surface area (Å²) in [4.78, 5) is 12.2. The molecule has 1 atom stereocenters. The maximum atomic E-state index is 12.2. The largest absolute Gasteiger partial charge is 0.381 e. The van der Waals surface area contributed by atoms with Crippen LogP contribution in [0.4, 0.5) is 5.69 Å². The van der Waals surface area contributed by atoms with Gasteiger partial charge in [-0.25, -0.2) is 13.6 Å². The van der Waals surface area contributed by atoms with Crippen LogP contribution in [0.1, 0.15) is 18.4 Å². The molecule has 0 saturated carbocycles. The summed E-state index contributed by atoms with van der Waals surface area (Å²) in [7, 11) is -3.83. The van der Waals surface area contributed by atoms with Crippen molar-refractivity contribution in [2.75, 3.05) is 18.5 Å². The van der Waals surface area contributed by atoms with Crippen LogP contribution in [-0.2, 0) is 19.6 Å². The van der Waals surface area contributed by atoms with Gasteiger partial charge in [-0.05, 0) is 43.4 Å². The van der Waals surface area contributed by atoms with E-state index in [2.05, 4.69) is 5.32 Å². The van der Waals surface area contributed by atoms with Gasteiger partial charge in [0.25, 0.3) is 0 Å². The number of halogens is 1. The average molecular weight is 364 g/mol. The van der Waals surface area contributed by atoms with Crippen LogP contribution in [0.2, 0.25) is 0 Å². The average Bonchev–Trinajstić information content (AvgIpc) is 2.48. The normalized spacial score (nSPS) is 17.2.